The van der Waals surface area contributed by atoms with Crippen LogP contribution in [0.3, 0.4) is 0 Å². The number of hydrogen-bond donors (Lipinski definition) is 2. The number of imidazole rings is 2. The molecule has 6 nitrogen and oxygen atoms in total. The maximum Gasteiger partial charge on any atom is 0.113 e. The molecule has 0 saturated heterocycles. The second-order valence-corrected chi connectivity index (χ2v) is 10.0. The van der Waals surface area contributed by atoms with Crippen LogP contribution >= 0.6 is 0 Å². The van der Waals surface area contributed by atoms with Crippen molar-refractivity contribution in [3.8, 4) is 0 Å². The Bertz CT molecular complexity index is 731. The van der Waals surface area contributed by atoms with Gasteiger partial charge in [0.05, 0.1) is 6.33 Å². The van der Waals surface area contributed by atoms with Crippen molar-refractivity contribution in [1.82, 2.24) is 29.7 Å². The van der Waals surface area contributed by atoms with Gasteiger partial charge in [-0.25, -0.2) is 9.97 Å². The lowest BCUT2D eigenvalue weighted by Gasteiger charge is -2.17. The predicted molar refractivity (Wildman–Crippen MR) is 116 cm³/mol. The fourth-order valence-electron chi connectivity index (χ4n) is 2.43. The number of aromatic amines is 2. The van der Waals surface area contributed by atoms with E-state index >= 15 is 0 Å². The summed E-state index contributed by atoms with van der Waals surface area (Å²) in [6, 6.07) is 2.00. The van der Waals surface area contributed by atoms with E-state index in [1.807, 2.05) is 31.7 Å². The van der Waals surface area contributed by atoms with Crippen LogP contribution < -0.4 is 0 Å². The number of H-pyrrole nitrogens is 2. The van der Waals surface area contributed by atoms with Gasteiger partial charge < -0.3 is 9.55 Å². The van der Waals surface area contributed by atoms with Gasteiger partial charge in [-0.1, -0.05) is 62.3 Å². The van der Waals surface area contributed by atoms with Crippen molar-refractivity contribution in [2.24, 2.45) is 7.05 Å². The molecule has 2 N–H and O–H groups in total. The molecule has 0 aliphatic rings. The molecule has 0 bridgehead atoms. The first kappa shape index (κ1) is 23.7. The van der Waals surface area contributed by atoms with Crippen molar-refractivity contribution in [3.05, 3.63) is 54.4 Å². The lowest BCUT2D eigenvalue weighted by Crippen LogP contribution is -2.16. The summed E-state index contributed by atoms with van der Waals surface area (Å²) in [4.78, 5) is 11.2. The molecule has 3 heterocycles. The molecule has 0 saturated carbocycles. The molecule has 0 fully saturated rings. The third-order valence-electron chi connectivity index (χ3n) is 4.11. The largest absolute Gasteiger partial charge is 0.348 e. The molecule has 0 unspecified atom stereocenters. The summed E-state index contributed by atoms with van der Waals surface area (Å²) < 4.78 is 2.06. The number of nitrogens with zero attached hydrogens (tertiary/aromatic N) is 4. The zero-order valence-electron chi connectivity index (χ0n) is 19.3. The third kappa shape index (κ3) is 7.71. The Kier molecular flexibility index (Phi) is 7.79. The summed E-state index contributed by atoms with van der Waals surface area (Å²) in [7, 11) is 2.02. The first-order valence-corrected chi connectivity index (χ1v) is 9.69. The van der Waals surface area contributed by atoms with Gasteiger partial charge in [0.1, 0.15) is 5.82 Å². The average Bonchev–Trinajstić information content (AvgIpc) is 3.29. The lowest BCUT2D eigenvalue weighted by molar-refractivity contribution is 0.522. The van der Waals surface area contributed by atoms with E-state index in [4.69, 9.17) is 0 Å². The summed E-state index contributed by atoms with van der Waals surface area (Å²) in [6.07, 6.45) is 9.16. The zero-order chi connectivity index (χ0) is 21.6. The maximum atomic E-state index is 4.25. The van der Waals surface area contributed by atoms with Gasteiger partial charge in [0.2, 0.25) is 0 Å². The van der Waals surface area contributed by atoms with Crippen LogP contribution in [0, 0.1) is 0 Å². The SMILES string of the molecule is CC(C)(C)c1ccn[nH]1.CC(C)(C)c1cnc[nH]1.Cn1ccnc1C(C)(C)C. The Hall–Kier alpha value is -2.37. The Labute approximate surface area is 170 Å². The lowest BCUT2D eigenvalue weighted by atomic mass is 9.93. The minimum atomic E-state index is 0.165. The molecule has 0 aliphatic heterocycles. The maximum absolute atomic E-state index is 4.25. The molecule has 0 aliphatic carbocycles. The molecule has 156 valence electrons. The van der Waals surface area contributed by atoms with Crippen LogP contribution in [0.5, 0.6) is 0 Å². The van der Waals surface area contributed by atoms with Gasteiger partial charge in [0.15, 0.2) is 0 Å². The summed E-state index contributed by atoms with van der Waals surface area (Å²) in [5.74, 6) is 1.13. The van der Waals surface area contributed by atoms with Crippen LogP contribution in [0.4, 0.5) is 0 Å². The molecule has 0 amide bonds. The number of hydrogen-bond acceptors (Lipinski definition) is 3. The quantitative estimate of drug-likeness (QED) is 0.562. The number of nitrogens with one attached hydrogen (secondary N) is 2. The minimum Gasteiger partial charge on any atom is -0.348 e. The number of aromatic nitrogens is 6. The standard InChI is InChI=1S/C8H14N2.2C7H12N2/c1-8(2,3)7-9-5-6-10(7)4;1-7(2,3)6-4-8-5-9-6;1-7(2,3)6-4-5-8-9-6/h5-6H,1-4H3;2*4-5H,1-3H3,(H,8,9). The molecular weight excluding hydrogens is 348 g/mol. The normalized spacial score (nSPS) is 11.9. The zero-order valence-corrected chi connectivity index (χ0v) is 19.3. The van der Waals surface area contributed by atoms with Crippen LogP contribution in [0.25, 0.3) is 0 Å². The fourth-order valence-corrected chi connectivity index (χ4v) is 2.43. The topological polar surface area (TPSA) is 75.2 Å². The molecular formula is C22H38N6. The van der Waals surface area contributed by atoms with E-state index in [0.717, 1.165) is 5.82 Å². The second kappa shape index (κ2) is 9.22. The van der Waals surface area contributed by atoms with Crippen molar-refractivity contribution in [2.45, 2.75) is 78.6 Å². The summed E-state index contributed by atoms with van der Waals surface area (Å²) >= 11 is 0. The van der Waals surface area contributed by atoms with Gasteiger partial charge in [0, 0.05) is 59.5 Å². The Morgan fingerprint density at radius 2 is 1.43 bits per heavy atom. The van der Waals surface area contributed by atoms with Gasteiger partial charge in [-0.2, -0.15) is 5.10 Å². The predicted octanol–water partition coefficient (Wildman–Crippen LogP) is 5.13. The van der Waals surface area contributed by atoms with E-state index < -0.39 is 0 Å². The first-order chi connectivity index (χ1) is 12.7. The minimum absolute atomic E-state index is 0.165. The molecule has 0 atom stereocenters. The van der Waals surface area contributed by atoms with E-state index in [1.54, 1.807) is 12.5 Å². The Morgan fingerprint density at radius 3 is 1.64 bits per heavy atom. The van der Waals surface area contributed by atoms with Crippen LogP contribution in [-0.2, 0) is 23.3 Å². The van der Waals surface area contributed by atoms with Crippen LogP contribution in [0.2, 0.25) is 0 Å². The van der Waals surface area contributed by atoms with E-state index in [9.17, 15) is 0 Å². The van der Waals surface area contributed by atoms with Gasteiger partial charge in [-0.05, 0) is 6.07 Å². The average molecular weight is 387 g/mol. The molecule has 3 aromatic rings. The van der Waals surface area contributed by atoms with E-state index in [1.165, 1.54) is 11.4 Å². The summed E-state index contributed by atoms with van der Waals surface area (Å²) in [5, 5.41) is 6.79. The molecule has 28 heavy (non-hydrogen) atoms. The summed E-state index contributed by atoms with van der Waals surface area (Å²) in [5.41, 5.74) is 2.94. The van der Waals surface area contributed by atoms with Gasteiger partial charge in [0.25, 0.3) is 0 Å². The Balaban J connectivity index is 0.000000210. The molecule has 3 aromatic heterocycles. The highest BCUT2D eigenvalue weighted by atomic mass is 15.1. The van der Waals surface area contributed by atoms with Crippen LogP contribution in [0.1, 0.15) is 79.5 Å². The van der Waals surface area contributed by atoms with Crippen LogP contribution in [0.15, 0.2) is 37.2 Å². The number of rotatable bonds is 0. The third-order valence-corrected chi connectivity index (χ3v) is 4.11. The van der Waals surface area contributed by atoms with E-state index in [2.05, 4.69) is 92.0 Å². The van der Waals surface area contributed by atoms with Crippen LogP contribution in [-0.4, -0.2) is 29.7 Å². The first-order valence-electron chi connectivity index (χ1n) is 9.69. The van der Waals surface area contributed by atoms with Gasteiger partial charge in [-0.3, -0.25) is 5.10 Å². The molecule has 6 heteroatoms. The second-order valence-electron chi connectivity index (χ2n) is 10.0. The highest BCUT2D eigenvalue weighted by Gasteiger charge is 2.17. The summed E-state index contributed by atoms with van der Waals surface area (Å²) in [6.45, 7) is 19.4. The van der Waals surface area contributed by atoms with Crippen molar-refractivity contribution >= 4 is 0 Å². The highest BCUT2D eigenvalue weighted by Crippen LogP contribution is 2.19. The monoisotopic (exact) mass is 386 g/mol. The smallest absolute Gasteiger partial charge is 0.113 e. The van der Waals surface area contributed by atoms with Crippen molar-refractivity contribution in [2.75, 3.05) is 0 Å². The van der Waals surface area contributed by atoms with Crippen molar-refractivity contribution in [1.29, 1.82) is 0 Å². The van der Waals surface area contributed by atoms with Crippen molar-refractivity contribution < 1.29 is 0 Å². The van der Waals surface area contributed by atoms with E-state index in [0.29, 0.717) is 0 Å². The fraction of sp³-hybridized carbons (Fsp3) is 0.591. The van der Waals surface area contributed by atoms with E-state index in [-0.39, 0.29) is 16.2 Å². The van der Waals surface area contributed by atoms with Gasteiger partial charge in [-0.15, -0.1) is 0 Å². The molecule has 3 rings (SSSR count). The van der Waals surface area contributed by atoms with Crippen molar-refractivity contribution in [3.63, 3.8) is 0 Å². The molecule has 0 radical (unpaired) electrons. The number of aryl methyl sites for hydroxylation is 1. The highest BCUT2D eigenvalue weighted by molar-refractivity contribution is 5.09. The molecule has 0 spiro atoms. The molecule has 0 aromatic carbocycles. The van der Waals surface area contributed by atoms with Gasteiger partial charge >= 0.3 is 0 Å². The Morgan fingerprint density at radius 1 is 0.821 bits per heavy atom.